The molecule has 0 aromatic carbocycles. The SMILES string of the molecule is CCCN(C)S(=O)(=O)N1CCCCC1CCl. The van der Waals surface area contributed by atoms with Crippen LogP contribution in [0.4, 0.5) is 0 Å². The molecule has 1 saturated heterocycles. The summed E-state index contributed by atoms with van der Waals surface area (Å²) in [6.45, 7) is 3.14. The topological polar surface area (TPSA) is 40.6 Å². The van der Waals surface area contributed by atoms with Gasteiger partial charge in [-0.15, -0.1) is 11.6 Å². The lowest BCUT2D eigenvalue weighted by Crippen LogP contribution is -2.50. The summed E-state index contributed by atoms with van der Waals surface area (Å²) in [5, 5.41) is 0. The maximum Gasteiger partial charge on any atom is 0.282 e. The molecular formula is C10H21ClN2O2S. The van der Waals surface area contributed by atoms with E-state index < -0.39 is 10.2 Å². The Morgan fingerprint density at radius 3 is 2.69 bits per heavy atom. The molecule has 0 aromatic heterocycles. The van der Waals surface area contributed by atoms with Gasteiger partial charge in [0.2, 0.25) is 0 Å². The van der Waals surface area contributed by atoms with Gasteiger partial charge in [-0.05, 0) is 19.3 Å². The first-order valence-electron chi connectivity index (χ1n) is 5.83. The van der Waals surface area contributed by atoms with Crippen LogP contribution >= 0.6 is 11.6 Å². The first-order valence-corrected chi connectivity index (χ1v) is 7.76. The van der Waals surface area contributed by atoms with Crippen molar-refractivity contribution >= 4 is 21.8 Å². The van der Waals surface area contributed by atoms with Crippen LogP contribution < -0.4 is 0 Å². The van der Waals surface area contributed by atoms with Crippen molar-refractivity contribution in [2.75, 3.05) is 26.0 Å². The van der Waals surface area contributed by atoms with Gasteiger partial charge < -0.3 is 0 Å². The zero-order chi connectivity index (χ0) is 12.2. The molecule has 6 heteroatoms. The van der Waals surface area contributed by atoms with Gasteiger partial charge in [0.15, 0.2) is 0 Å². The monoisotopic (exact) mass is 268 g/mol. The van der Waals surface area contributed by atoms with E-state index in [0.29, 0.717) is 19.0 Å². The minimum atomic E-state index is -3.30. The fourth-order valence-corrected chi connectivity index (χ4v) is 4.13. The second kappa shape index (κ2) is 6.19. The maximum atomic E-state index is 12.2. The van der Waals surface area contributed by atoms with E-state index in [2.05, 4.69) is 0 Å². The van der Waals surface area contributed by atoms with Gasteiger partial charge in [0.25, 0.3) is 10.2 Å². The molecule has 0 saturated carbocycles. The van der Waals surface area contributed by atoms with Crippen LogP contribution in [-0.2, 0) is 10.2 Å². The molecule has 0 aromatic rings. The Bertz CT molecular complexity index is 308. The highest BCUT2D eigenvalue weighted by atomic mass is 35.5. The minimum Gasteiger partial charge on any atom is -0.195 e. The van der Waals surface area contributed by atoms with E-state index in [1.165, 1.54) is 4.31 Å². The number of nitrogens with zero attached hydrogens (tertiary/aromatic N) is 2. The molecule has 1 fully saturated rings. The largest absolute Gasteiger partial charge is 0.282 e. The Kier molecular flexibility index (Phi) is 5.50. The fraction of sp³-hybridized carbons (Fsp3) is 1.00. The third-order valence-electron chi connectivity index (χ3n) is 2.98. The molecule has 0 spiro atoms. The van der Waals surface area contributed by atoms with Crippen molar-refractivity contribution in [3.8, 4) is 0 Å². The van der Waals surface area contributed by atoms with Crippen LogP contribution in [0.5, 0.6) is 0 Å². The van der Waals surface area contributed by atoms with Crippen molar-refractivity contribution < 1.29 is 8.42 Å². The third kappa shape index (κ3) is 3.09. The molecule has 1 atom stereocenters. The predicted molar refractivity (Wildman–Crippen MR) is 66.9 cm³/mol. The van der Waals surface area contributed by atoms with Crippen molar-refractivity contribution in [1.29, 1.82) is 0 Å². The first-order chi connectivity index (χ1) is 7.54. The van der Waals surface area contributed by atoms with Gasteiger partial charge in [-0.1, -0.05) is 13.3 Å². The summed E-state index contributed by atoms with van der Waals surface area (Å²) in [6.07, 6.45) is 3.71. The Balaban J connectivity index is 2.79. The molecule has 1 aliphatic rings. The van der Waals surface area contributed by atoms with E-state index >= 15 is 0 Å². The van der Waals surface area contributed by atoms with Gasteiger partial charge in [0.05, 0.1) is 0 Å². The predicted octanol–water partition coefficient (Wildman–Crippen LogP) is 1.67. The van der Waals surface area contributed by atoms with Crippen LogP contribution in [0.1, 0.15) is 32.6 Å². The molecule has 1 rings (SSSR count). The molecule has 96 valence electrons. The maximum absolute atomic E-state index is 12.2. The Morgan fingerprint density at radius 2 is 2.12 bits per heavy atom. The smallest absolute Gasteiger partial charge is 0.195 e. The van der Waals surface area contributed by atoms with Crippen molar-refractivity contribution in [3.05, 3.63) is 0 Å². The standard InChI is InChI=1S/C10H21ClN2O2S/c1-3-7-12(2)16(14,15)13-8-5-4-6-10(13)9-11/h10H,3-9H2,1-2H3. The Hall–Kier alpha value is 0.160. The molecule has 1 unspecified atom stereocenters. The van der Waals surface area contributed by atoms with Crippen molar-refractivity contribution in [3.63, 3.8) is 0 Å². The Morgan fingerprint density at radius 1 is 1.44 bits per heavy atom. The summed E-state index contributed by atoms with van der Waals surface area (Å²) in [4.78, 5) is 0. The molecular weight excluding hydrogens is 248 g/mol. The normalized spacial score (nSPS) is 23.9. The number of hydrogen-bond donors (Lipinski definition) is 0. The second-order valence-corrected chi connectivity index (χ2v) is 6.54. The average molecular weight is 269 g/mol. The van der Waals surface area contributed by atoms with Crippen LogP contribution in [-0.4, -0.2) is 49.1 Å². The van der Waals surface area contributed by atoms with E-state index in [9.17, 15) is 8.42 Å². The molecule has 16 heavy (non-hydrogen) atoms. The summed E-state index contributed by atoms with van der Waals surface area (Å²) in [5.41, 5.74) is 0. The van der Waals surface area contributed by atoms with Crippen LogP contribution in [0.2, 0.25) is 0 Å². The highest BCUT2D eigenvalue weighted by molar-refractivity contribution is 7.86. The molecule has 1 heterocycles. The van der Waals surface area contributed by atoms with Gasteiger partial charge in [0, 0.05) is 32.1 Å². The molecule has 0 aliphatic carbocycles. The number of halogens is 1. The highest BCUT2D eigenvalue weighted by Crippen LogP contribution is 2.22. The summed E-state index contributed by atoms with van der Waals surface area (Å²) < 4.78 is 27.5. The van der Waals surface area contributed by atoms with Crippen molar-refractivity contribution in [1.82, 2.24) is 8.61 Å². The van der Waals surface area contributed by atoms with Crippen molar-refractivity contribution in [2.45, 2.75) is 38.6 Å². The van der Waals surface area contributed by atoms with E-state index in [-0.39, 0.29) is 6.04 Å². The zero-order valence-corrected chi connectivity index (χ0v) is 11.6. The van der Waals surface area contributed by atoms with E-state index in [1.54, 1.807) is 11.4 Å². The summed E-state index contributed by atoms with van der Waals surface area (Å²) in [6, 6.07) is -0.0280. The van der Waals surface area contributed by atoms with E-state index in [0.717, 1.165) is 25.7 Å². The molecule has 1 aliphatic heterocycles. The summed E-state index contributed by atoms with van der Waals surface area (Å²) in [5.74, 6) is 0.388. The molecule has 0 radical (unpaired) electrons. The number of rotatable bonds is 5. The highest BCUT2D eigenvalue weighted by Gasteiger charge is 2.34. The zero-order valence-electron chi connectivity index (χ0n) is 10.0. The third-order valence-corrected chi connectivity index (χ3v) is 5.38. The number of alkyl halides is 1. The molecule has 4 nitrogen and oxygen atoms in total. The molecule has 0 bridgehead atoms. The van der Waals surface area contributed by atoms with Crippen LogP contribution in [0.25, 0.3) is 0 Å². The Labute approximate surface area is 104 Å². The van der Waals surface area contributed by atoms with Gasteiger partial charge >= 0.3 is 0 Å². The van der Waals surface area contributed by atoms with Crippen LogP contribution in [0.3, 0.4) is 0 Å². The summed E-state index contributed by atoms with van der Waals surface area (Å²) >= 11 is 5.84. The lowest BCUT2D eigenvalue weighted by Gasteiger charge is -2.36. The average Bonchev–Trinajstić information content (AvgIpc) is 2.29. The van der Waals surface area contributed by atoms with Crippen LogP contribution in [0, 0.1) is 0 Å². The summed E-state index contributed by atoms with van der Waals surface area (Å²) in [7, 11) is -1.67. The lowest BCUT2D eigenvalue weighted by atomic mass is 10.1. The van der Waals surface area contributed by atoms with Crippen LogP contribution in [0.15, 0.2) is 0 Å². The van der Waals surface area contributed by atoms with Gasteiger partial charge in [0.1, 0.15) is 0 Å². The molecule has 0 amide bonds. The van der Waals surface area contributed by atoms with Gasteiger partial charge in [-0.2, -0.15) is 17.0 Å². The first kappa shape index (κ1) is 14.2. The quantitative estimate of drug-likeness (QED) is 0.712. The van der Waals surface area contributed by atoms with Gasteiger partial charge in [-0.25, -0.2) is 0 Å². The fourth-order valence-electron chi connectivity index (χ4n) is 2.04. The second-order valence-electron chi connectivity index (χ2n) is 4.24. The van der Waals surface area contributed by atoms with Crippen molar-refractivity contribution in [2.24, 2.45) is 0 Å². The number of hydrogen-bond acceptors (Lipinski definition) is 2. The lowest BCUT2D eigenvalue weighted by molar-refractivity contribution is 0.252. The minimum absolute atomic E-state index is 0.0280. The van der Waals surface area contributed by atoms with E-state index in [4.69, 9.17) is 11.6 Å². The number of piperidine rings is 1. The van der Waals surface area contributed by atoms with E-state index in [1.807, 2.05) is 6.92 Å². The van der Waals surface area contributed by atoms with Gasteiger partial charge in [-0.3, -0.25) is 0 Å². The molecule has 0 N–H and O–H groups in total.